The van der Waals surface area contributed by atoms with Crippen molar-refractivity contribution < 1.29 is 14.3 Å². The van der Waals surface area contributed by atoms with E-state index < -0.39 is 6.09 Å². The van der Waals surface area contributed by atoms with E-state index in [0.29, 0.717) is 13.1 Å². The molecule has 0 saturated heterocycles. The number of rotatable bonds is 7. The van der Waals surface area contributed by atoms with Crippen molar-refractivity contribution in [3.8, 4) is 0 Å². The Morgan fingerprint density at radius 3 is 2.50 bits per heavy atom. The number of Topliss-reactive ketones (excluding diaryl/α,β-unsaturated/α-hetero) is 1. The van der Waals surface area contributed by atoms with Crippen LogP contribution in [0.3, 0.4) is 0 Å². The fourth-order valence-electron chi connectivity index (χ4n) is 1.71. The number of benzene rings is 1. The lowest BCUT2D eigenvalue weighted by Gasteiger charge is -2.23. The molecule has 0 saturated carbocycles. The van der Waals surface area contributed by atoms with Gasteiger partial charge in [-0.3, -0.25) is 4.79 Å². The maximum atomic E-state index is 12.0. The van der Waals surface area contributed by atoms with E-state index in [2.05, 4.69) is 0 Å². The molecule has 0 fully saturated rings. The van der Waals surface area contributed by atoms with Gasteiger partial charge in [-0.2, -0.15) is 0 Å². The third-order valence-corrected chi connectivity index (χ3v) is 3.28. The minimum absolute atomic E-state index is 0.0300. The molecule has 0 aliphatic carbocycles. The van der Waals surface area contributed by atoms with E-state index in [1.54, 1.807) is 6.92 Å². The lowest BCUT2D eigenvalue weighted by molar-refractivity contribution is -0.120. The van der Waals surface area contributed by atoms with Gasteiger partial charge in [-0.05, 0) is 12.5 Å². The van der Waals surface area contributed by atoms with E-state index in [9.17, 15) is 9.59 Å². The van der Waals surface area contributed by atoms with Crippen molar-refractivity contribution in [2.75, 3.05) is 19.0 Å². The standard InChI is InChI=1S/C15H20ClNO3/c1-3-17(10-12(2)14(18)9-16)15(19)20-11-13-7-5-4-6-8-13/h4-8,12H,3,9-11H2,1-2H3. The monoisotopic (exact) mass is 297 g/mol. The first-order valence-corrected chi connectivity index (χ1v) is 7.16. The first-order valence-electron chi connectivity index (χ1n) is 6.62. The van der Waals surface area contributed by atoms with Crippen molar-refractivity contribution in [3.63, 3.8) is 0 Å². The number of ketones is 1. The summed E-state index contributed by atoms with van der Waals surface area (Å²) in [6.07, 6.45) is -0.412. The molecule has 4 nitrogen and oxygen atoms in total. The van der Waals surface area contributed by atoms with E-state index in [-0.39, 0.29) is 24.2 Å². The number of hydrogen-bond donors (Lipinski definition) is 0. The van der Waals surface area contributed by atoms with Gasteiger partial charge >= 0.3 is 6.09 Å². The molecule has 1 aromatic rings. The maximum Gasteiger partial charge on any atom is 0.410 e. The first-order chi connectivity index (χ1) is 9.58. The summed E-state index contributed by atoms with van der Waals surface area (Å²) in [6.45, 7) is 4.66. The van der Waals surface area contributed by atoms with Crippen LogP contribution < -0.4 is 0 Å². The quantitative estimate of drug-likeness (QED) is 0.727. The van der Waals surface area contributed by atoms with Gasteiger partial charge in [-0.25, -0.2) is 4.79 Å². The molecule has 0 spiro atoms. The van der Waals surface area contributed by atoms with Crippen LogP contribution in [-0.4, -0.2) is 35.7 Å². The molecule has 0 radical (unpaired) electrons. The number of carbonyl (C=O) groups excluding carboxylic acids is 2. The molecule has 0 aliphatic heterocycles. The number of nitrogens with zero attached hydrogens (tertiary/aromatic N) is 1. The molecule has 1 rings (SSSR count). The van der Waals surface area contributed by atoms with Crippen molar-refractivity contribution in [3.05, 3.63) is 35.9 Å². The minimum atomic E-state index is -0.412. The van der Waals surface area contributed by atoms with Crippen molar-refractivity contribution >= 4 is 23.5 Å². The van der Waals surface area contributed by atoms with Gasteiger partial charge < -0.3 is 9.64 Å². The molecular weight excluding hydrogens is 278 g/mol. The van der Waals surface area contributed by atoms with Crippen LogP contribution in [-0.2, 0) is 16.1 Å². The number of amides is 1. The fourth-order valence-corrected chi connectivity index (χ4v) is 1.97. The van der Waals surface area contributed by atoms with Crippen LogP contribution in [0.15, 0.2) is 30.3 Å². The van der Waals surface area contributed by atoms with Gasteiger partial charge in [0.05, 0.1) is 5.88 Å². The molecule has 0 bridgehead atoms. The highest BCUT2D eigenvalue weighted by atomic mass is 35.5. The normalized spacial score (nSPS) is 11.8. The Bertz CT molecular complexity index is 436. The lowest BCUT2D eigenvalue weighted by atomic mass is 10.1. The van der Waals surface area contributed by atoms with Gasteiger partial charge in [0.1, 0.15) is 6.61 Å². The Labute approximate surface area is 124 Å². The Kier molecular flexibility index (Phi) is 7.09. The van der Waals surface area contributed by atoms with Crippen LogP contribution in [0, 0.1) is 5.92 Å². The van der Waals surface area contributed by atoms with Gasteiger partial charge in [0.25, 0.3) is 0 Å². The van der Waals surface area contributed by atoms with Crippen LogP contribution >= 0.6 is 11.6 Å². The average Bonchev–Trinajstić information content (AvgIpc) is 2.50. The van der Waals surface area contributed by atoms with Gasteiger partial charge in [0.15, 0.2) is 5.78 Å². The number of halogens is 1. The summed E-state index contributed by atoms with van der Waals surface area (Å²) in [4.78, 5) is 24.9. The summed E-state index contributed by atoms with van der Waals surface area (Å²) in [6, 6.07) is 9.47. The second-order valence-corrected chi connectivity index (χ2v) is 4.85. The van der Waals surface area contributed by atoms with Crippen molar-refractivity contribution in [1.29, 1.82) is 0 Å². The first kappa shape index (κ1) is 16.5. The third kappa shape index (κ3) is 5.21. The van der Waals surface area contributed by atoms with Crippen LogP contribution in [0.5, 0.6) is 0 Å². The second-order valence-electron chi connectivity index (χ2n) is 4.58. The van der Waals surface area contributed by atoms with Crippen LogP contribution in [0.2, 0.25) is 0 Å². The molecule has 110 valence electrons. The third-order valence-electron chi connectivity index (χ3n) is 3.02. The van der Waals surface area contributed by atoms with E-state index in [0.717, 1.165) is 5.56 Å². The summed E-state index contributed by atoms with van der Waals surface area (Å²) >= 11 is 5.51. The Balaban J connectivity index is 2.48. The van der Waals surface area contributed by atoms with Gasteiger partial charge in [0, 0.05) is 19.0 Å². The lowest BCUT2D eigenvalue weighted by Crippen LogP contribution is -2.37. The Morgan fingerprint density at radius 1 is 1.30 bits per heavy atom. The second kappa shape index (κ2) is 8.59. The molecule has 1 amide bonds. The van der Waals surface area contributed by atoms with Crippen LogP contribution in [0.4, 0.5) is 4.79 Å². The fraction of sp³-hybridized carbons (Fsp3) is 0.467. The van der Waals surface area contributed by atoms with Crippen LogP contribution in [0.1, 0.15) is 19.4 Å². The highest BCUT2D eigenvalue weighted by Crippen LogP contribution is 2.07. The summed E-state index contributed by atoms with van der Waals surface area (Å²) in [5, 5.41) is 0. The maximum absolute atomic E-state index is 12.0. The molecular formula is C15H20ClNO3. The highest BCUT2D eigenvalue weighted by Gasteiger charge is 2.20. The SMILES string of the molecule is CCN(CC(C)C(=O)CCl)C(=O)OCc1ccccc1. The molecule has 1 aromatic carbocycles. The van der Waals surface area contributed by atoms with Gasteiger partial charge in [0.2, 0.25) is 0 Å². The number of hydrogen-bond acceptors (Lipinski definition) is 3. The molecule has 20 heavy (non-hydrogen) atoms. The van der Waals surface area contributed by atoms with E-state index in [1.807, 2.05) is 37.3 Å². The van der Waals surface area contributed by atoms with Crippen molar-refractivity contribution in [2.45, 2.75) is 20.5 Å². The van der Waals surface area contributed by atoms with E-state index in [1.165, 1.54) is 4.90 Å². The predicted octanol–water partition coefficient (Wildman–Crippen LogP) is 3.09. The number of ether oxygens (including phenoxy) is 1. The zero-order valence-electron chi connectivity index (χ0n) is 11.8. The van der Waals surface area contributed by atoms with Gasteiger partial charge in [-0.1, -0.05) is 37.3 Å². The summed E-state index contributed by atoms with van der Waals surface area (Å²) in [5.41, 5.74) is 0.932. The minimum Gasteiger partial charge on any atom is -0.445 e. The highest BCUT2D eigenvalue weighted by molar-refractivity contribution is 6.27. The number of alkyl halides is 1. The molecule has 1 unspecified atom stereocenters. The van der Waals surface area contributed by atoms with E-state index >= 15 is 0 Å². The predicted molar refractivity (Wildman–Crippen MR) is 78.8 cm³/mol. The molecule has 0 heterocycles. The van der Waals surface area contributed by atoms with Crippen molar-refractivity contribution in [1.82, 2.24) is 4.90 Å². The molecule has 1 atom stereocenters. The molecule has 0 aliphatic rings. The summed E-state index contributed by atoms with van der Waals surface area (Å²) < 4.78 is 5.24. The summed E-state index contributed by atoms with van der Waals surface area (Å²) in [7, 11) is 0. The summed E-state index contributed by atoms with van der Waals surface area (Å²) in [5.74, 6) is -0.379. The topological polar surface area (TPSA) is 46.6 Å². The number of carbonyl (C=O) groups is 2. The smallest absolute Gasteiger partial charge is 0.410 e. The van der Waals surface area contributed by atoms with Crippen LogP contribution in [0.25, 0.3) is 0 Å². The Hall–Kier alpha value is -1.55. The molecule has 5 heteroatoms. The molecule has 0 N–H and O–H groups in total. The van der Waals surface area contributed by atoms with E-state index in [4.69, 9.17) is 16.3 Å². The van der Waals surface area contributed by atoms with Gasteiger partial charge in [-0.15, -0.1) is 11.6 Å². The molecule has 0 aromatic heterocycles. The zero-order chi connectivity index (χ0) is 15.0. The average molecular weight is 298 g/mol. The Morgan fingerprint density at radius 2 is 1.95 bits per heavy atom. The zero-order valence-corrected chi connectivity index (χ0v) is 12.6. The van der Waals surface area contributed by atoms with Crippen molar-refractivity contribution in [2.24, 2.45) is 5.92 Å². The largest absolute Gasteiger partial charge is 0.445 e.